The van der Waals surface area contributed by atoms with Crippen molar-refractivity contribution in [2.45, 2.75) is 39.2 Å². The molecule has 0 aromatic heterocycles. The zero-order valence-electron chi connectivity index (χ0n) is 16.4. The third-order valence-corrected chi connectivity index (χ3v) is 3.30. The third kappa shape index (κ3) is 8.44. The molecular weight excluding hydrogens is 354 g/mol. The number of carbonyl (C=O) groups excluding carboxylic acids is 3. The summed E-state index contributed by atoms with van der Waals surface area (Å²) in [7, 11) is 2.93. The van der Waals surface area contributed by atoms with Gasteiger partial charge < -0.3 is 24.3 Å². The lowest BCUT2D eigenvalue weighted by molar-refractivity contribution is -0.142. The monoisotopic (exact) mass is 381 g/mol. The lowest BCUT2D eigenvalue weighted by Gasteiger charge is -2.19. The van der Waals surface area contributed by atoms with E-state index in [-0.39, 0.29) is 18.5 Å². The van der Waals surface area contributed by atoms with Crippen molar-refractivity contribution in [2.75, 3.05) is 27.4 Å². The first-order valence-electron chi connectivity index (χ1n) is 8.54. The minimum Gasteiger partial charge on any atom is -0.497 e. The fraction of sp³-hybridized carbons (Fsp3) is 0.526. The fourth-order valence-corrected chi connectivity index (χ4v) is 2.07. The van der Waals surface area contributed by atoms with Gasteiger partial charge in [-0.05, 0) is 45.4 Å². The minimum atomic E-state index is -0.579. The van der Waals surface area contributed by atoms with E-state index in [1.165, 1.54) is 20.3 Å². The van der Waals surface area contributed by atoms with E-state index < -0.39 is 30.1 Å². The lowest BCUT2D eigenvalue weighted by Crippen LogP contribution is -2.33. The van der Waals surface area contributed by atoms with Gasteiger partial charge in [0.2, 0.25) is 5.78 Å². The van der Waals surface area contributed by atoms with Crippen LogP contribution in [-0.4, -0.2) is 50.8 Å². The molecule has 0 saturated heterocycles. The van der Waals surface area contributed by atoms with Crippen molar-refractivity contribution in [1.29, 1.82) is 0 Å². The molecule has 0 fully saturated rings. The maximum Gasteiger partial charge on any atom is 0.407 e. The van der Waals surface area contributed by atoms with Crippen LogP contribution < -0.4 is 14.8 Å². The van der Waals surface area contributed by atoms with Gasteiger partial charge in [0.25, 0.3) is 0 Å². The molecule has 0 aliphatic heterocycles. The first kappa shape index (κ1) is 22.3. The minimum absolute atomic E-state index is 0.0678. The Bertz CT molecular complexity index is 665. The van der Waals surface area contributed by atoms with Crippen LogP contribution in [0.25, 0.3) is 0 Å². The number of ether oxygens (including phenoxy) is 4. The van der Waals surface area contributed by atoms with Crippen LogP contribution in [0.4, 0.5) is 4.79 Å². The molecule has 150 valence electrons. The van der Waals surface area contributed by atoms with Crippen LogP contribution in [0.3, 0.4) is 0 Å². The number of hydrogen-bond donors (Lipinski definition) is 1. The SMILES string of the molecule is COc1ccc(OC)c(C(=O)COC(=O)CCCNC(=O)OC(C)(C)C)c1. The van der Waals surface area contributed by atoms with Gasteiger partial charge in [0.15, 0.2) is 6.61 Å². The molecule has 0 unspecified atom stereocenters. The van der Waals surface area contributed by atoms with Crippen LogP contribution in [0.1, 0.15) is 44.0 Å². The Labute approximate surface area is 159 Å². The number of esters is 1. The van der Waals surface area contributed by atoms with Crippen molar-refractivity contribution in [2.24, 2.45) is 0 Å². The smallest absolute Gasteiger partial charge is 0.407 e. The normalized spacial score (nSPS) is 10.7. The molecule has 1 aromatic rings. The number of Topliss-reactive ketones (excluding diaryl/α,β-unsaturated/α-hetero) is 1. The van der Waals surface area contributed by atoms with Gasteiger partial charge in [-0.3, -0.25) is 9.59 Å². The first-order chi connectivity index (χ1) is 12.7. The van der Waals surface area contributed by atoms with Crippen LogP contribution in [0.5, 0.6) is 11.5 Å². The molecule has 1 amide bonds. The average molecular weight is 381 g/mol. The number of benzene rings is 1. The van der Waals surface area contributed by atoms with Crippen LogP contribution in [-0.2, 0) is 14.3 Å². The van der Waals surface area contributed by atoms with E-state index in [1.54, 1.807) is 32.9 Å². The number of carbonyl (C=O) groups is 3. The van der Waals surface area contributed by atoms with Gasteiger partial charge in [0, 0.05) is 13.0 Å². The van der Waals surface area contributed by atoms with Crippen LogP contribution in [0, 0.1) is 0 Å². The Morgan fingerprint density at radius 1 is 1.07 bits per heavy atom. The van der Waals surface area contributed by atoms with Gasteiger partial charge in [-0.2, -0.15) is 0 Å². The highest BCUT2D eigenvalue weighted by molar-refractivity contribution is 6.00. The van der Waals surface area contributed by atoms with Gasteiger partial charge in [-0.1, -0.05) is 0 Å². The zero-order valence-corrected chi connectivity index (χ0v) is 16.4. The second-order valence-corrected chi connectivity index (χ2v) is 6.68. The Morgan fingerprint density at radius 3 is 2.37 bits per heavy atom. The van der Waals surface area contributed by atoms with Gasteiger partial charge >= 0.3 is 12.1 Å². The van der Waals surface area contributed by atoms with Gasteiger partial charge in [-0.15, -0.1) is 0 Å². The number of rotatable bonds is 9. The topological polar surface area (TPSA) is 100 Å². The molecular formula is C19H27NO7. The van der Waals surface area contributed by atoms with Crippen LogP contribution in [0.15, 0.2) is 18.2 Å². The molecule has 1 aromatic carbocycles. The summed E-state index contributed by atoms with van der Waals surface area (Å²) in [5.41, 5.74) is -0.305. The molecule has 8 heteroatoms. The Balaban J connectivity index is 2.38. The summed E-state index contributed by atoms with van der Waals surface area (Å²) in [4.78, 5) is 35.5. The maximum absolute atomic E-state index is 12.3. The second-order valence-electron chi connectivity index (χ2n) is 6.68. The van der Waals surface area contributed by atoms with Gasteiger partial charge in [0.05, 0.1) is 19.8 Å². The summed E-state index contributed by atoms with van der Waals surface area (Å²) in [6.45, 7) is 5.15. The molecule has 0 spiro atoms. The summed E-state index contributed by atoms with van der Waals surface area (Å²) < 4.78 is 20.3. The summed E-state index contributed by atoms with van der Waals surface area (Å²) in [5.74, 6) is -0.0562. The van der Waals surface area contributed by atoms with E-state index in [1.807, 2.05) is 0 Å². The largest absolute Gasteiger partial charge is 0.497 e. The summed E-state index contributed by atoms with van der Waals surface area (Å²) in [6, 6.07) is 4.80. The number of methoxy groups -OCH3 is 2. The molecule has 0 heterocycles. The maximum atomic E-state index is 12.3. The number of ketones is 1. The van der Waals surface area contributed by atoms with Crippen molar-refractivity contribution in [3.8, 4) is 11.5 Å². The predicted molar refractivity (Wildman–Crippen MR) is 98.3 cm³/mol. The third-order valence-electron chi connectivity index (χ3n) is 3.30. The molecule has 0 aliphatic carbocycles. The highest BCUT2D eigenvalue weighted by Crippen LogP contribution is 2.24. The molecule has 0 saturated carbocycles. The van der Waals surface area contributed by atoms with E-state index in [0.717, 1.165) is 0 Å². The van der Waals surface area contributed by atoms with E-state index in [0.29, 0.717) is 17.9 Å². The molecule has 0 bridgehead atoms. The zero-order chi connectivity index (χ0) is 20.4. The van der Waals surface area contributed by atoms with Crippen molar-refractivity contribution < 1.29 is 33.3 Å². The van der Waals surface area contributed by atoms with Crippen molar-refractivity contribution in [3.05, 3.63) is 23.8 Å². The highest BCUT2D eigenvalue weighted by atomic mass is 16.6. The quantitative estimate of drug-likeness (QED) is 0.399. The molecule has 27 heavy (non-hydrogen) atoms. The number of amides is 1. The van der Waals surface area contributed by atoms with Crippen molar-refractivity contribution >= 4 is 17.8 Å². The average Bonchev–Trinajstić information content (AvgIpc) is 2.61. The number of nitrogens with one attached hydrogen (secondary N) is 1. The van der Waals surface area contributed by atoms with Gasteiger partial charge in [-0.25, -0.2) is 4.79 Å². The Morgan fingerprint density at radius 2 is 1.78 bits per heavy atom. The first-order valence-corrected chi connectivity index (χ1v) is 8.54. The summed E-state index contributed by atoms with van der Waals surface area (Å²) in [6.07, 6.45) is -0.108. The Kier molecular flexibility index (Phi) is 8.58. The molecule has 0 atom stereocenters. The summed E-state index contributed by atoms with van der Waals surface area (Å²) >= 11 is 0. The number of alkyl carbamates (subject to hydrolysis) is 1. The highest BCUT2D eigenvalue weighted by Gasteiger charge is 2.17. The second kappa shape index (κ2) is 10.4. The van der Waals surface area contributed by atoms with Crippen LogP contribution in [0.2, 0.25) is 0 Å². The standard InChI is InChI=1S/C19H27NO7/c1-19(2,3)27-18(23)20-10-6-7-17(22)26-12-15(21)14-11-13(24-4)8-9-16(14)25-5/h8-9,11H,6-7,10,12H2,1-5H3,(H,20,23). The Hall–Kier alpha value is -2.77. The van der Waals surface area contributed by atoms with Crippen molar-refractivity contribution in [3.63, 3.8) is 0 Å². The summed E-state index contributed by atoms with van der Waals surface area (Å²) in [5, 5.41) is 2.55. The van der Waals surface area contributed by atoms with E-state index in [4.69, 9.17) is 18.9 Å². The fourth-order valence-electron chi connectivity index (χ4n) is 2.07. The predicted octanol–water partition coefficient (Wildman–Crippen LogP) is 2.73. The lowest BCUT2D eigenvalue weighted by atomic mass is 10.1. The molecule has 0 aliphatic rings. The van der Waals surface area contributed by atoms with Gasteiger partial charge in [0.1, 0.15) is 17.1 Å². The van der Waals surface area contributed by atoms with Crippen LogP contribution >= 0.6 is 0 Å². The molecule has 8 nitrogen and oxygen atoms in total. The molecule has 1 rings (SSSR count). The van der Waals surface area contributed by atoms with Crippen molar-refractivity contribution in [1.82, 2.24) is 5.32 Å². The van der Waals surface area contributed by atoms with E-state index in [9.17, 15) is 14.4 Å². The van der Waals surface area contributed by atoms with E-state index >= 15 is 0 Å². The molecule has 1 N–H and O–H groups in total. The molecule has 0 radical (unpaired) electrons. The number of hydrogen-bond acceptors (Lipinski definition) is 7. The van der Waals surface area contributed by atoms with E-state index in [2.05, 4.69) is 5.32 Å².